The average molecular weight is 222 g/mol. The molecule has 3 atom stereocenters. The highest BCUT2D eigenvalue weighted by Crippen LogP contribution is 2.39. The Bertz CT molecular complexity index is 338. The number of hydrogen-bond acceptors (Lipinski definition) is 2. The lowest BCUT2D eigenvalue weighted by Crippen LogP contribution is -2.47. The van der Waals surface area contributed by atoms with E-state index in [2.05, 4.69) is 12.2 Å². The van der Waals surface area contributed by atoms with Crippen LogP contribution in [0.5, 0.6) is 0 Å². The molecule has 2 amide bonds. The fourth-order valence-corrected chi connectivity index (χ4v) is 2.63. The lowest BCUT2D eigenvalue weighted by molar-refractivity contribution is -0.134. The summed E-state index contributed by atoms with van der Waals surface area (Å²) in [5, 5.41) is 2.89. The van der Waals surface area contributed by atoms with E-state index in [-0.39, 0.29) is 17.9 Å². The van der Waals surface area contributed by atoms with E-state index in [4.69, 9.17) is 0 Å². The molecule has 0 spiro atoms. The summed E-state index contributed by atoms with van der Waals surface area (Å²) in [5.74, 6) is 1.24. The van der Waals surface area contributed by atoms with Crippen molar-refractivity contribution in [2.24, 2.45) is 11.8 Å². The van der Waals surface area contributed by atoms with Crippen LogP contribution in [0.25, 0.3) is 0 Å². The number of hydrogen-bond donors (Lipinski definition) is 1. The van der Waals surface area contributed by atoms with Gasteiger partial charge in [-0.05, 0) is 31.1 Å². The first-order valence-electron chi connectivity index (χ1n) is 6.26. The lowest BCUT2D eigenvalue weighted by Gasteiger charge is -2.24. The molecule has 2 saturated carbocycles. The van der Waals surface area contributed by atoms with Gasteiger partial charge in [-0.1, -0.05) is 6.92 Å². The molecule has 0 aromatic heterocycles. The van der Waals surface area contributed by atoms with Gasteiger partial charge in [-0.15, -0.1) is 0 Å². The SMILES string of the molecule is CC1CC1N1CCC(=O)NC(C2CC2)C1=O. The van der Waals surface area contributed by atoms with Crippen LogP contribution in [-0.2, 0) is 9.59 Å². The van der Waals surface area contributed by atoms with Gasteiger partial charge in [0.05, 0.1) is 0 Å². The highest BCUT2D eigenvalue weighted by Gasteiger charge is 2.47. The summed E-state index contributed by atoms with van der Waals surface area (Å²) in [4.78, 5) is 25.8. The largest absolute Gasteiger partial charge is 0.344 e. The summed E-state index contributed by atoms with van der Waals surface area (Å²) in [5.41, 5.74) is 0. The summed E-state index contributed by atoms with van der Waals surface area (Å²) < 4.78 is 0. The van der Waals surface area contributed by atoms with Crippen LogP contribution >= 0.6 is 0 Å². The van der Waals surface area contributed by atoms with Crippen molar-refractivity contribution in [2.45, 2.75) is 44.7 Å². The predicted octanol–water partition coefficient (Wildman–Crippen LogP) is 0.522. The minimum atomic E-state index is -0.220. The zero-order valence-corrected chi connectivity index (χ0v) is 9.61. The maximum atomic E-state index is 12.3. The van der Waals surface area contributed by atoms with E-state index in [0.29, 0.717) is 30.8 Å². The monoisotopic (exact) mass is 222 g/mol. The summed E-state index contributed by atoms with van der Waals surface area (Å²) in [6.07, 6.45) is 3.75. The second-order valence-electron chi connectivity index (χ2n) is 5.44. The number of amides is 2. The van der Waals surface area contributed by atoms with Crippen LogP contribution in [0.15, 0.2) is 0 Å². The molecule has 1 saturated heterocycles. The second kappa shape index (κ2) is 3.47. The van der Waals surface area contributed by atoms with E-state index in [1.807, 2.05) is 4.90 Å². The standard InChI is InChI=1S/C12H18N2O2/c1-7-6-9(7)14-5-4-10(15)13-11(12(14)16)8-2-3-8/h7-9,11H,2-6H2,1H3,(H,13,15). The van der Waals surface area contributed by atoms with Gasteiger partial charge in [0.2, 0.25) is 11.8 Å². The van der Waals surface area contributed by atoms with Crippen LogP contribution < -0.4 is 5.32 Å². The molecule has 3 aliphatic rings. The summed E-state index contributed by atoms with van der Waals surface area (Å²) in [6.45, 7) is 2.78. The molecule has 3 unspecified atom stereocenters. The number of rotatable bonds is 2. The van der Waals surface area contributed by atoms with Crippen molar-refractivity contribution in [1.82, 2.24) is 10.2 Å². The molecule has 0 radical (unpaired) electrons. The van der Waals surface area contributed by atoms with E-state index >= 15 is 0 Å². The Morgan fingerprint density at radius 2 is 2.00 bits per heavy atom. The first-order chi connectivity index (χ1) is 7.66. The van der Waals surface area contributed by atoms with Crippen LogP contribution in [0.4, 0.5) is 0 Å². The minimum Gasteiger partial charge on any atom is -0.344 e. The molecule has 0 bridgehead atoms. The molecule has 16 heavy (non-hydrogen) atoms. The maximum absolute atomic E-state index is 12.3. The molecule has 3 fully saturated rings. The second-order valence-corrected chi connectivity index (χ2v) is 5.44. The molecule has 4 nitrogen and oxygen atoms in total. The highest BCUT2D eigenvalue weighted by molar-refractivity contribution is 5.90. The van der Waals surface area contributed by atoms with Crippen LogP contribution in [0, 0.1) is 11.8 Å². The lowest BCUT2D eigenvalue weighted by atomic mass is 10.1. The zero-order chi connectivity index (χ0) is 11.3. The van der Waals surface area contributed by atoms with E-state index in [0.717, 1.165) is 19.3 Å². The van der Waals surface area contributed by atoms with Crippen molar-refractivity contribution in [3.63, 3.8) is 0 Å². The average Bonchev–Trinajstić information content (AvgIpc) is 3.08. The summed E-state index contributed by atoms with van der Waals surface area (Å²) in [6, 6.07) is 0.184. The van der Waals surface area contributed by atoms with Gasteiger partial charge in [-0.25, -0.2) is 0 Å². The van der Waals surface area contributed by atoms with Crippen LogP contribution in [-0.4, -0.2) is 35.3 Å². The van der Waals surface area contributed by atoms with E-state index in [1.165, 1.54) is 0 Å². The fraction of sp³-hybridized carbons (Fsp3) is 0.833. The topological polar surface area (TPSA) is 49.4 Å². The van der Waals surface area contributed by atoms with Crippen molar-refractivity contribution in [3.8, 4) is 0 Å². The van der Waals surface area contributed by atoms with Crippen molar-refractivity contribution in [1.29, 1.82) is 0 Å². The number of carbonyl (C=O) groups excluding carboxylic acids is 2. The van der Waals surface area contributed by atoms with Gasteiger partial charge in [0.15, 0.2) is 0 Å². The third-order valence-electron chi connectivity index (χ3n) is 4.01. The molecular formula is C12H18N2O2. The summed E-state index contributed by atoms with van der Waals surface area (Å²) >= 11 is 0. The van der Waals surface area contributed by atoms with Crippen molar-refractivity contribution < 1.29 is 9.59 Å². The molecule has 2 aliphatic carbocycles. The van der Waals surface area contributed by atoms with E-state index in [1.54, 1.807) is 0 Å². The first-order valence-corrected chi connectivity index (χ1v) is 6.26. The Morgan fingerprint density at radius 1 is 1.31 bits per heavy atom. The van der Waals surface area contributed by atoms with Gasteiger partial charge in [0, 0.05) is 19.0 Å². The number of carbonyl (C=O) groups is 2. The Balaban J connectivity index is 1.77. The van der Waals surface area contributed by atoms with Gasteiger partial charge >= 0.3 is 0 Å². The minimum absolute atomic E-state index is 0.0426. The van der Waals surface area contributed by atoms with E-state index in [9.17, 15) is 9.59 Å². The van der Waals surface area contributed by atoms with Crippen molar-refractivity contribution in [2.75, 3.05) is 6.54 Å². The Labute approximate surface area is 95.4 Å². The Morgan fingerprint density at radius 3 is 2.56 bits per heavy atom. The molecule has 0 aromatic carbocycles. The van der Waals surface area contributed by atoms with Gasteiger partial charge in [0.25, 0.3) is 0 Å². The molecule has 3 rings (SSSR count). The molecule has 4 heteroatoms. The number of nitrogens with one attached hydrogen (secondary N) is 1. The maximum Gasteiger partial charge on any atom is 0.245 e. The first kappa shape index (κ1) is 10.1. The third kappa shape index (κ3) is 1.70. The molecule has 1 N–H and O–H groups in total. The van der Waals surface area contributed by atoms with Crippen LogP contribution in [0.3, 0.4) is 0 Å². The molecule has 1 heterocycles. The Hall–Kier alpha value is -1.06. The van der Waals surface area contributed by atoms with Crippen molar-refractivity contribution >= 4 is 11.8 Å². The predicted molar refractivity (Wildman–Crippen MR) is 58.6 cm³/mol. The Kier molecular flexibility index (Phi) is 2.19. The smallest absolute Gasteiger partial charge is 0.245 e. The van der Waals surface area contributed by atoms with E-state index < -0.39 is 0 Å². The number of nitrogens with zero attached hydrogens (tertiary/aromatic N) is 1. The molecular weight excluding hydrogens is 204 g/mol. The zero-order valence-electron chi connectivity index (χ0n) is 9.61. The third-order valence-corrected chi connectivity index (χ3v) is 4.01. The summed E-state index contributed by atoms with van der Waals surface area (Å²) in [7, 11) is 0. The van der Waals surface area contributed by atoms with Crippen LogP contribution in [0.1, 0.15) is 32.6 Å². The fourth-order valence-electron chi connectivity index (χ4n) is 2.63. The normalized spacial score (nSPS) is 39.3. The highest BCUT2D eigenvalue weighted by atomic mass is 16.2. The van der Waals surface area contributed by atoms with Crippen molar-refractivity contribution in [3.05, 3.63) is 0 Å². The molecule has 1 aliphatic heterocycles. The van der Waals surface area contributed by atoms with Gasteiger partial charge in [0.1, 0.15) is 6.04 Å². The van der Waals surface area contributed by atoms with Gasteiger partial charge in [-0.3, -0.25) is 9.59 Å². The quantitative estimate of drug-likeness (QED) is 0.740. The molecule has 88 valence electrons. The van der Waals surface area contributed by atoms with Gasteiger partial charge in [-0.2, -0.15) is 0 Å². The van der Waals surface area contributed by atoms with Crippen LogP contribution in [0.2, 0.25) is 0 Å². The van der Waals surface area contributed by atoms with Gasteiger partial charge < -0.3 is 10.2 Å². The molecule has 0 aromatic rings.